The van der Waals surface area contributed by atoms with Crippen molar-refractivity contribution in [2.24, 2.45) is 23.7 Å². The summed E-state index contributed by atoms with van der Waals surface area (Å²) < 4.78 is 52.5. The van der Waals surface area contributed by atoms with Crippen LogP contribution in [0.5, 0.6) is 5.75 Å². The molecule has 2 N–H and O–H groups in total. The minimum Gasteiger partial charge on any atom is -0.490 e. The number of anilines is 1. The predicted molar refractivity (Wildman–Crippen MR) is 190 cm³/mol. The van der Waals surface area contributed by atoms with Crippen LogP contribution in [-0.4, -0.2) is 71.2 Å². The molecule has 12 nitrogen and oxygen atoms in total. The summed E-state index contributed by atoms with van der Waals surface area (Å²) >= 11 is 0. The number of carboxylic acid groups (broad SMARTS) is 1. The molecule has 1 saturated heterocycles. The van der Waals surface area contributed by atoms with Gasteiger partial charge in [-0.3, -0.25) is 14.3 Å². The third kappa shape index (κ3) is 5.89. The number of aromatic nitrogens is 6. The molecule has 1 aromatic carbocycles. The number of fused-ring (bicyclic) bond motifs is 1. The average molecular weight is 739 g/mol. The number of alkyl halides is 3. The minimum atomic E-state index is -5.00. The number of rotatable bonds is 8. The molecule has 5 heterocycles. The van der Waals surface area contributed by atoms with E-state index < -0.39 is 34.8 Å². The summed E-state index contributed by atoms with van der Waals surface area (Å²) in [6, 6.07) is 9.63. The Hall–Kier alpha value is -5.60. The van der Waals surface area contributed by atoms with E-state index in [1.54, 1.807) is 47.6 Å². The molecule has 278 valence electrons. The van der Waals surface area contributed by atoms with E-state index in [0.717, 1.165) is 38.4 Å². The lowest BCUT2D eigenvalue weighted by Crippen LogP contribution is -2.70. The van der Waals surface area contributed by atoms with Crippen LogP contribution < -0.4 is 15.0 Å². The van der Waals surface area contributed by atoms with Gasteiger partial charge in [-0.25, -0.2) is 24.7 Å². The fraction of sp³-hybridized carbons (Fsp3) is 0.410. The third-order valence-corrected chi connectivity index (χ3v) is 11.9. The Morgan fingerprint density at radius 3 is 2.28 bits per heavy atom. The number of aliphatic carboxylic acids is 1. The van der Waals surface area contributed by atoms with Crippen molar-refractivity contribution >= 4 is 28.7 Å². The summed E-state index contributed by atoms with van der Waals surface area (Å²) in [5, 5.41) is 13.7. The van der Waals surface area contributed by atoms with Gasteiger partial charge in [-0.15, -0.1) is 0 Å². The summed E-state index contributed by atoms with van der Waals surface area (Å²) in [7, 11) is 0. The van der Waals surface area contributed by atoms with Gasteiger partial charge in [0.25, 0.3) is 5.91 Å². The Balaban J connectivity index is 1.04. The highest BCUT2D eigenvalue weighted by molar-refractivity contribution is 6.01. The van der Waals surface area contributed by atoms with Gasteiger partial charge in [0.2, 0.25) is 5.95 Å². The maximum atomic E-state index is 14.8. The zero-order valence-electron chi connectivity index (χ0n) is 29.1. The molecule has 0 atom stereocenters. The number of nitrogens with zero attached hydrogens (tertiary/aromatic N) is 7. The molecule has 0 spiro atoms. The number of carboxylic acids is 1. The zero-order valence-corrected chi connectivity index (χ0v) is 29.1. The van der Waals surface area contributed by atoms with Crippen LogP contribution in [0.3, 0.4) is 0 Å². The predicted octanol–water partition coefficient (Wildman–Crippen LogP) is 6.35. The lowest BCUT2D eigenvalue weighted by atomic mass is 9.48. The number of piperidine rings is 1. The van der Waals surface area contributed by atoms with Crippen molar-refractivity contribution in [3.8, 4) is 22.8 Å². The van der Waals surface area contributed by atoms with Crippen LogP contribution in [0, 0.1) is 23.7 Å². The van der Waals surface area contributed by atoms with Crippen LogP contribution in [0.4, 0.5) is 19.1 Å². The van der Waals surface area contributed by atoms with Crippen molar-refractivity contribution in [2.75, 3.05) is 18.0 Å². The van der Waals surface area contributed by atoms with Gasteiger partial charge in [0, 0.05) is 73.9 Å². The minimum absolute atomic E-state index is 0.0155. The molecule has 15 heteroatoms. The number of carbonyl (C=O) groups excluding carboxylic acids is 1. The second kappa shape index (κ2) is 13.1. The van der Waals surface area contributed by atoms with Gasteiger partial charge in [-0.2, -0.15) is 13.2 Å². The number of pyridine rings is 1. The first-order chi connectivity index (χ1) is 26.1. The topological polar surface area (TPSA) is 148 Å². The molecule has 0 unspecified atom stereocenters. The van der Waals surface area contributed by atoms with E-state index in [9.17, 15) is 27.9 Å². The van der Waals surface area contributed by atoms with Crippen LogP contribution in [0.2, 0.25) is 0 Å². The maximum Gasteiger partial charge on any atom is 0.434 e. The number of hydrogen-bond acceptors (Lipinski definition) is 9. The zero-order chi connectivity index (χ0) is 37.2. The molecule has 4 aromatic heterocycles. The molecule has 1 amide bonds. The van der Waals surface area contributed by atoms with Gasteiger partial charge >= 0.3 is 12.1 Å². The number of hydrogen-bond donors (Lipinski definition) is 2. The molecule has 5 aliphatic rings. The van der Waals surface area contributed by atoms with Gasteiger partial charge in [0.15, 0.2) is 11.5 Å². The Labute approximate surface area is 307 Å². The van der Waals surface area contributed by atoms with Gasteiger partial charge in [-0.1, -0.05) is 0 Å². The lowest BCUT2D eigenvalue weighted by molar-refractivity contribution is -0.163. The van der Waals surface area contributed by atoms with E-state index in [4.69, 9.17) is 4.74 Å². The second-order valence-corrected chi connectivity index (χ2v) is 15.0. The molecule has 5 fully saturated rings. The van der Waals surface area contributed by atoms with Crippen molar-refractivity contribution in [3.63, 3.8) is 0 Å². The number of carbonyl (C=O) groups is 2. The summed E-state index contributed by atoms with van der Waals surface area (Å²) in [5.41, 5.74) is -2.73. The Bertz CT molecular complexity index is 2200. The van der Waals surface area contributed by atoms with Crippen LogP contribution in [-0.2, 0) is 11.0 Å². The SMILES string of the molecule is O=C(NC1(C(=O)O)C2CC3CC(C2)CC1C3)c1ccc(-c2cn(-c3cnccn3)c3cc(OC4CCN(c5ncccn5)CC4)ccc23)nc1C(F)(F)F. The van der Waals surface area contributed by atoms with Crippen LogP contribution in [0.15, 0.2) is 73.6 Å². The van der Waals surface area contributed by atoms with E-state index in [0.29, 0.717) is 71.5 Å². The quantitative estimate of drug-likeness (QED) is 0.185. The van der Waals surface area contributed by atoms with Gasteiger partial charge < -0.3 is 20.1 Å². The van der Waals surface area contributed by atoms with E-state index in [2.05, 4.69) is 35.1 Å². The van der Waals surface area contributed by atoms with E-state index in [1.807, 2.05) is 6.07 Å². The van der Waals surface area contributed by atoms with E-state index in [1.165, 1.54) is 18.5 Å². The molecule has 4 aliphatic carbocycles. The Morgan fingerprint density at radius 2 is 1.63 bits per heavy atom. The molecular formula is C39H37F3N8O4. The number of ether oxygens (including phenoxy) is 1. The first kappa shape index (κ1) is 34.2. The maximum absolute atomic E-state index is 14.8. The summed E-state index contributed by atoms with van der Waals surface area (Å²) in [4.78, 5) is 50.1. The van der Waals surface area contributed by atoms with Gasteiger partial charge in [0.05, 0.1) is 23.0 Å². The normalized spacial score (nSPS) is 25.2. The van der Waals surface area contributed by atoms with Crippen LogP contribution in [0.1, 0.15) is 61.0 Å². The number of amides is 1. The highest BCUT2D eigenvalue weighted by Gasteiger charge is 2.62. The highest BCUT2D eigenvalue weighted by Crippen LogP contribution is 2.58. The standard InChI is InChI=1S/C39H37F3N8O4/c40-39(41,42)34-29(35(51)48-38(36(52)53)24-15-22-14-23(17-24)18-25(38)16-22)4-5-31(47-34)30-21-50(33-20-43-10-11-44-33)32-19-27(2-3-28(30)32)54-26-6-12-49(13-7-26)37-45-8-1-9-46-37/h1-5,8-11,19-26H,6-7,12-18H2,(H,48,51)(H,52,53). The summed E-state index contributed by atoms with van der Waals surface area (Å²) in [6.45, 7) is 1.44. The Kier molecular flexibility index (Phi) is 8.27. The summed E-state index contributed by atoms with van der Waals surface area (Å²) in [5.74, 6) is -0.438. The molecule has 4 bridgehead atoms. The average Bonchev–Trinajstić information content (AvgIpc) is 3.55. The summed E-state index contributed by atoms with van der Waals surface area (Å²) in [6.07, 6.45) is 9.71. The van der Waals surface area contributed by atoms with Crippen molar-refractivity contribution < 1.29 is 32.6 Å². The third-order valence-electron chi connectivity index (χ3n) is 11.9. The van der Waals surface area contributed by atoms with Crippen molar-refractivity contribution in [3.05, 3.63) is 84.8 Å². The first-order valence-electron chi connectivity index (χ1n) is 18.3. The van der Waals surface area contributed by atoms with E-state index in [-0.39, 0.29) is 23.6 Å². The first-order valence-corrected chi connectivity index (χ1v) is 18.3. The van der Waals surface area contributed by atoms with Gasteiger partial charge in [0.1, 0.15) is 17.4 Å². The fourth-order valence-electron chi connectivity index (χ4n) is 9.71. The molecule has 10 rings (SSSR count). The number of nitrogens with one attached hydrogen (secondary N) is 1. The number of benzene rings is 1. The van der Waals surface area contributed by atoms with Gasteiger partial charge in [-0.05, 0) is 86.1 Å². The largest absolute Gasteiger partial charge is 0.490 e. The highest BCUT2D eigenvalue weighted by atomic mass is 19.4. The molecule has 0 radical (unpaired) electrons. The molecular weight excluding hydrogens is 701 g/mol. The van der Waals surface area contributed by atoms with Crippen LogP contribution in [0.25, 0.3) is 28.0 Å². The van der Waals surface area contributed by atoms with Crippen molar-refractivity contribution in [1.29, 1.82) is 0 Å². The smallest absolute Gasteiger partial charge is 0.434 e. The Morgan fingerprint density at radius 1 is 0.907 bits per heavy atom. The van der Waals surface area contributed by atoms with Crippen LogP contribution >= 0.6 is 0 Å². The lowest BCUT2D eigenvalue weighted by Gasteiger charge is -2.59. The van der Waals surface area contributed by atoms with Crippen molar-refractivity contribution in [2.45, 2.75) is 62.8 Å². The monoisotopic (exact) mass is 738 g/mol. The number of halogens is 3. The van der Waals surface area contributed by atoms with Crippen molar-refractivity contribution in [1.82, 2.24) is 34.8 Å². The molecule has 54 heavy (non-hydrogen) atoms. The molecule has 4 saturated carbocycles. The molecule has 1 aliphatic heterocycles. The second-order valence-electron chi connectivity index (χ2n) is 15.0. The fourth-order valence-corrected chi connectivity index (χ4v) is 9.71. The van der Waals surface area contributed by atoms with E-state index >= 15 is 0 Å². The molecule has 5 aromatic rings.